The second-order valence-electron chi connectivity index (χ2n) is 7.31. The maximum absolute atomic E-state index is 12.1. The van der Waals surface area contributed by atoms with Crippen molar-refractivity contribution in [2.75, 3.05) is 6.54 Å². The molecule has 0 heterocycles. The van der Waals surface area contributed by atoms with Crippen molar-refractivity contribution in [2.24, 2.45) is 17.3 Å². The van der Waals surface area contributed by atoms with E-state index in [9.17, 15) is 23.5 Å². The molecule has 2 N–H and O–H groups in total. The van der Waals surface area contributed by atoms with Crippen LogP contribution in [0.1, 0.15) is 34.1 Å². The zero-order valence-corrected chi connectivity index (χ0v) is 15.1. The highest BCUT2D eigenvalue weighted by Gasteiger charge is 2.77. The summed E-state index contributed by atoms with van der Waals surface area (Å²) in [5.74, 6) is -1.86. The van der Waals surface area contributed by atoms with E-state index in [0.29, 0.717) is 6.42 Å². The van der Waals surface area contributed by atoms with Gasteiger partial charge in [0.15, 0.2) is 0 Å². The molecule has 7 unspecified atom stereocenters. The number of hydrogen-bond acceptors (Lipinski definition) is 6. The van der Waals surface area contributed by atoms with Crippen molar-refractivity contribution in [3.05, 3.63) is 12.7 Å². The van der Waals surface area contributed by atoms with Crippen molar-refractivity contribution < 1.29 is 28.2 Å². The van der Waals surface area contributed by atoms with Crippen LogP contribution < -0.4 is 5.32 Å². The molecule has 0 spiro atoms. The lowest BCUT2D eigenvalue weighted by atomic mass is 9.65. The molecule has 24 heavy (non-hydrogen) atoms. The maximum atomic E-state index is 12.1. The number of amides is 1. The summed E-state index contributed by atoms with van der Waals surface area (Å²) < 4.78 is 28.7. The lowest BCUT2D eigenvalue weighted by Gasteiger charge is -2.52. The molecule has 0 aliphatic heterocycles. The molecule has 2 aliphatic rings. The lowest BCUT2D eigenvalue weighted by Crippen LogP contribution is -2.63. The van der Waals surface area contributed by atoms with Crippen molar-refractivity contribution in [2.45, 2.75) is 50.6 Å². The summed E-state index contributed by atoms with van der Waals surface area (Å²) >= 11 is -2.31. The molecule has 1 amide bonds. The second kappa shape index (κ2) is 5.93. The Morgan fingerprint density at radius 3 is 2.50 bits per heavy atom. The highest BCUT2D eigenvalue weighted by Crippen LogP contribution is 2.69. The number of esters is 1. The Hall–Kier alpha value is -1.25. The van der Waals surface area contributed by atoms with Gasteiger partial charge in [0, 0.05) is 16.6 Å². The van der Waals surface area contributed by atoms with Gasteiger partial charge in [-0.15, -0.1) is 0 Å². The summed E-state index contributed by atoms with van der Waals surface area (Å²) in [6.45, 7) is 9.83. The van der Waals surface area contributed by atoms with E-state index in [-0.39, 0.29) is 12.5 Å². The summed E-state index contributed by atoms with van der Waals surface area (Å²) in [5.41, 5.74) is -3.44. The smallest absolute Gasteiger partial charge is 0.326 e. The van der Waals surface area contributed by atoms with Crippen LogP contribution in [0, 0.1) is 17.3 Å². The summed E-state index contributed by atoms with van der Waals surface area (Å²) in [6.07, 6.45) is 1.36. The van der Waals surface area contributed by atoms with Gasteiger partial charge in [0.25, 0.3) is 0 Å². The minimum Gasteiger partial charge on any atom is -0.772 e. The molecule has 0 aromatic heterocycles. The van der Waals surface area contributed by atoms with Crippen LogP contribution in [0.5, 0.6) is 0 Å². The van der Waals surface area contributed by atoms with Crippen molar-refractivity contribution >= 4 is 23.0 Å². The Balaban J connectivity index is 2.26. The molecule has 0 aromatic carbocycles. The van der Waals surface area contributed by atoms with E-state index in [1.807, 2.05) is 13.8 Å². The zero-order valence-electron chi connectivity index (χ0n) is 14.3. The van der Waals surface area contributed by atoms with Crippen LogP contribution in [-0.4, -0.2) is 48.7 Å². The molecule has 2 rings (SSSR count). The number of ether oxygens (including phenoxy) is 1. The Labute approximate surface area is 144 Å². The topological polar surface area (TPSA) is 116 Å². The Morgan fingerprint density at radius 2 is 2.04 bits per heavy atom. The van der Waals surface area contributed by atoms with E-state index >= 15 is 0 Å². The number of nitrogens with one attached hydrogen (secondary N) is 1. The first-order chi connectivity index (χ1) is 10.9. The van der Waals surface area contributed by atoms with Crippen LogP contribution >= 0.6 is 0 Å². The van der Waals surface area contributed by atoms with Crippen LogP contribution in [0.2, 0.25) is 0 Å². The van der Waals surface area contributed by atoms with Crippen LogP contribution in [0.4, 0.5) is 0 Å². The summed E-state index contributed by atoms with van der Waals surface area (Å²) in [4.78, 5) is 23.3. The molecule has 0 radical (unpaired) electrons. The van der Waals surface area contributed by atoms with Crippen LogP contribution in [0.15, 0.2) is 12.7 Å². The first-order valence-electron chi connectivity index (χ1n) is 7.85. The predicted octanol–water partition coefficient (Wildman–Crippen LogP) is 0.265. The highest BCUT2D eigenvalue weighted by molar-refractivity contribution is 7.79. The molecule has 7 atom stereocenters. The number of carbonyl (C=O) groups excluding carboxylic acids is 2. The van der Waals surface area contributed by atoms with Gasteiger partial charge in [-0.2, -0.15) is 0 Å². The van der Waals surface area contributed by atoms with Gasteiger partial charge in [0.05, 0.1) is 0 Å². The molecule has 2 aliphatic carbocycles. The van der Waals surface area contributed by atoms with Crippen LogP contribution in [-0.2, 0) is 25.4 Å². The van der Waals surface area contributed by atoms with Gasteiger partial charge < -0.3 is 19.7 Å². The van der Waals surface area contributed by atoms with Gasteiger partial charge in [-0.05, 0) is 32.3 Å². The van der Waals surface area contributed by atoms with Gasteiger partial charge in [-0.3, -0.25) is 13.8 Å². The normalized spacial score (nSPS) is 44.8. The summed E-state index contributed by atoms with van der Waals surface area (Å²) in [6, 6.07) is 0. The van der Waals surface area contributed by atoms with Crippen molar-refractivity contribution in [3.63, 3.8) is 0 Å². The molecule has 0 saturated heterocycles. The minimum atomic E-state index is -2.31. The standard InChI is InChI=1S/C16H25NO6S/c1-6-11(18)17-8-12(19)23-16(5)14(3)7-10(24(21)22)13(9(14)2)15(16,4)20/h6,9-10,13,20H,1,7-8H2,2-5H3,(H,17,18)(H,21,22)/p-1. The third-order valence-corrected chi connectivity index (χ3v) is 7.39. The maximum Gasteiger partial charge on any atom is 0.326 e. The Kier molecular flexibility index (Phi) is 4.71. The monoisotopic (exact) mass is 358 g/mol. The van der Waals surface area contributed by atoms with Gasteiger partial charge in [0.1, 0.15) is 17.7 Å². The average Bonchev–Trinajstić information content (AvgIpc) is 2.82. The van der Waals surface area contributed by atoms with Crippen LogP contribution in [0.25, 0.3) is 0 Å². The fraction of sp³-hybridized carbons (Fsp3) is 0.750. The van der Waals surface area contributed by atoms with Gasteiger partial charge in [-0.25, -0.2) is 0 Å². The van der Waals surface area contributed by atoms with Crippen molar-refractivity contribution in [3.8, 4) is 0 Å². The fourth-order valence-corrected chi connectivity index (χ4v) is 5.95. The highest BCUT2D eigenvalue weighted by atomic mass is 32.2. The molecule has 8 heteroatoms. The van der Waals surface area contributed by atoms with E-state index in [2.05, 4.69) is 11.9 Å². The van der Waals surface area contributed by atoms with Gasteiger partial charge in [-0.1, -0.05) is 31.5 Å². The van der Waals surface area contributed by atoms with Gasteiger partial charge >= 0.3 is 5.97 Å². The quantitative estimate of drug-likeness (QED) is 0.414. The second-order valence-corrected chi connectivity index (χ2v) is 8.44. The third kappa shape index (κ3) is 2.43. The molecular weight excluding hydrogens is 334 g/mol. The number of rotatable bonds is 5. The largest absolute Gasteiger partial charge is 0.772 e. The number of carbonyl (C=O) groups is 2. The third-order valence-electron chi connectivity index (χ3n) is 6.43. The minimum absolute atomic E-state index is 0.143. The molecular formula is C16H24NO6S-. The van der Waals surface area contributed by atoms with E-state index in [1.54, 1.807) is 6.92 Å². The first-order valence-corrected chi connectivity index (χ1v) is 8.98. The Morgan fingerprint density at radius 1 is 1.46 bits per heavy atom. The van der Waals surface area contributed by atoms with Crippen molar-refractivity contribution in [1.29, 1.82) is 0 Å². The average molecular weight is 358 g/mol. The summed E-state index contributed by atoms with van der Waals surface area (Å²) in [7, 11) is 0. The predicted molar refractivity (Wildman–Crippen MR) is 86.4 cm³/mol. The first kappa shape index (κ1) is 19.1. The molecule has 2 bridgehead atoms. The molecule has 0 aromatic rings. The van der Waals surface area contributed by atoms with Crippen molar-refractivity contribution in [1.82, 2.24) is 5.32 Å². The number of fused-ring (bicyclic) bond motifs is 2. The summed E-state index contributed by atoms with van der Waals surface area (Å²) in [5, 5.41) is 12.7. The van der Waals surface area contributed by atoms with E-state index in [0.717, 1.165) is 6.08 Å². The number of aliphatic hydroxyl groups is 1. The lowest BCUT2D eigenvalue weighted by molar-refractivity contribution is -0.216. The Bertz CT molecular complexity index is 605. The van der Waals surface area contributed by atoms with Gasteiger partial charge in [0.2, 0.25) is 5.91 Å². The van der Waals surface area contributed by atoms with E-state index < -0.39 is 50.7 Å². The molecule has 2 fully saturated rings. The van der Waals surface area contributed by atoms with Crippen LogP contribution in [0.3, 0.4) is 0 Å². The zero-order chi connectivity index (χ0) is 18.5. The SMILES string of the molecule is C=CC(=O)NCC(=O)OC1(C)C(C)(O)C2C(S(=O)[O-])CC1(C)C2C. The fourth-order valence-electron chi connectivity index (χ4n) is 4.73. The molecule has 136 valence electrons. The molecule has 2 saturated carbocycles. The molecule has 7 nitrogen and oxygen atoms in total. The number of hydrogen-bond donors (Lipinski definition) is 2. The van der Waals surface area contributed by atoms with E-state index in [1.165, 1.54) is 6.92 Å². The van der Waals surface area contributed by atoms with E-state index in [4.69, 9.17) is 4.74 Å².